The van der Waals surface area contributed by atoms with Gasteiger partial charge in [-0.15, -0.1) is 22.7 Å². The van der Waals surface area contributed by atoms with Crippen LogP contribution in [0.1, 0.15) is 59.8 Å². The Morgan fingerprint density at radius 2 is 1.82 bits per heavy atom. The summed E-state index contributed by atoms with van der Waals surface area (Å²) < 4.78 is 52.3. The van der Waals surface area contributed by atoms with Crippen molar-refractivity contribution in [3.8, 4) is 10.6 Å². The standard InChI is InChI=1S/C25H28F4N4O4S2/c1-14(34)8-9-18(33-22(37)19-13-31-23(39-19)15-5-2-3-6-16(15)26)21(36)32-17(7-4-10-25(27,28)29)20(35)24-30-11-12-38-24/h2-3,5-6,11-14,17-18,20,34-35H,4,7-10H2,1H3,(H,32,36)(H,33,37)/t14?,17-,18-,20?/m0/s1. The van der Waals surface area contributed by atoms with E-state index >= 15 is 0 Å². The smallest absolute Gasteiger partial charge is 0.389 e. The molecule has 2 amide bonds. The Kier molecular flexibility index (Phi) is 10.9. The van der Waals surface area contributed by atoms with Crippen molar-refractivity contribution < 1.29 is 37.4 Å². The van der Waals surface area contributed by atoms with Crippen molar-refractivity contribution in [2.75, 3.05) is 0 Å². The average molecular weight is 589 g/mol. The number of aliphatic hydroxyl groups excluding tert-OH is 2. The minimum Gasteiger partial charge on any atom is -0.393 e. The molecule has 8 nitrogen and oxygen atoms in total. The van der Waals surface area contributed by atoms with E-state index in [4.69, 9.17) is 0 Å². The van der Waals surface area contributed by atoms with Gasteiger partial charge in [0.25, 0.3) is 5.91 Å². The number of alkyl halides is 3. The van der Waals surface area contributed by atoms with Crippen molar-refractivity contribution in [3.63, 3.8) is 0 Å². The molecule has 2 unspecified atom stereocenters. The quantitative estimate of drug-likeness (QED) is 0.216. The van der Waals surface area contributed by atoms with E-state index in [1.54, 1.807) is 11.4 Å². The van der Waals surface area contributed by atoms with E-state index < -0.39 is 54.5 Å². The molecule has 0 aliphatic rings. The van der Waals surface area contributed by atoms with E-state index in [0.717, 1.165) is 22.7 Å². The zero-order valence-electron chi connectivity index (χ0n) is 20.8. The summed E-state index contributed by atoms with van der Waals surface area (Å²) in [6.45, 7) is 1.51. The third kappa shape index (κ3) is 9.34. The predicted octanol–water partition coefficient (Wildman–Crippen LogP) is 4.62. The molecule has 1 aromatic carbocycles. The van der Waals surface area contributed by atoms with Crippen molar-refractivity contribution in [3.05, 3.63) is 57.7 Å². The topological polar surface area (TPSA) is 124 Å². The number of nitrogens with zero attached hydrogens (tertiary/aromatic N) is 2. The van der Waals surface area contributed by atoms with Crippen LogP contribution in [-0.4, -0.2) is 56.4 Å². The molecule has 0 bridgehead atoms. The van der Waals surface area contributed by atoms with E-state index in [9.17, 15) is 37.4 Å². The molecule has 0 saturated heterocycles. The summed E-state index contributed by atoms with van der Waals surface area (Å²) in [5.74, 6) is -1.92. The first kappa shape index (κ1) is 30.6. The number of rotatable bonds is 13. The molecule has 14 heteroatoms. The van der Waals surface area contributed by atoms with Crippen LogP contribution >= 0.6 is 22.7 Å². The summed E-state index contributed by atoms with van der Waals surface area (Å²) in [6.07, 6.45) is -5.37. The van der Waals surface area contributed by atoms with Gasteiger partial charge in [0, 0.05) is 23.6 Å². The lowest BCUT2D eigenvalue weighted by Gasteiger charge is -2.26. The van der Waals surface area contributed by atoms with Gasteiger partial charge < -0.3 is 20.8 Å². The zero-order valence-corrected chi connectivity index (χ0v) is 22.5. The summed E-state index contributed by atoms with van der Waals surface area (Å²) in [4.78, 5) is 34.4. The maximum absolute atomic E-state index is 14.1. The van der Waals surface area contributed by atoms with E-state index in [1.807, 2.05) is 0 Å². The summed E-state index contributed by atoms with van der Waals surface area (Å²) >= 11 is 2.01. The molecule has 0 radical (unpaired) electrons. The van der Waals surface area contributed by atoms with Crippen LogP contribution in [-0.2, 0) is 4.79 Å². The van der Waals surface area contributed by atoms with Gasteiger partial charge in [0.2, 0.25) is 5.91 Å². The van der Waals surface area contributed by atoms with Gasteiger partial charge in [0.15, 0.2) is 0 Å². The number of aliphatic hydroxyl groups is 2. The fourth-order valence-corrected chi connectivity index (χ4v) is 5.24. The van der Waals surface area contributed by atoms with Crippen molar-refractivity contribution in [2.24, 2.45) is 0 Å². The SMILES string of the molecule is CC(O)CC[C@H](NC(=O)c1cnc(-c2ccccc2F)s1)C(=O)N[C@@H](CCCC(F)(F)F)C(O)c1nccs1. The van der Waals surface area contributed by atoms with Gasteiger partial charge in [-0.25, -0.2) is 14.4 Å². The normalized spacial score (nSPS) is 14.8. The Morgan fingerprint density at radius 3 is 2.46 bits per heavy atom. The van der Waals surface area contributed by atoms with Gasteiger partial charge in [0.1, 0.15) is 32.9 Å². The number of hydrogen-bond donors (Lipinski definition) is 4. The Labute approximate surface area is 230 Å². The van der Waals surface area contributed by atoms with Gasteiger partial charge >= 0.3 is 6.18 Å². The number of hydrogen-bond acceptors (Lipinski definition) is 8. The monoisotopic (exact) mass is 588 g/mol. The molecule has 0 spiro atoms. The summed E-state index contributed by atoms with van der Waals surface area (Å²) in [6, 6.07) is 3.64. The predicted molar refractivity (Wildman–Crippen MR) is 139 cm³/mol. The van der Waals surface area contributed by atoms with Crippen LogP contribution in [0.3, 0.4) is 0 Å². The molecular formula is C25H28F4N4O4S2. The molecule has 3 aromatic rings. The van der Waals surface area contributed by atoms with Gasteiger partial charge in [-0.2, -0.15) is 13.2 Å². The lowest BCUT2D eigenvalue weighted by Crippen LogP contribution is -2.51. The van der Waals surface area contributed by atoms with Crippen molar-refractivity contribution >= 4 is 34.5 Å². The summed E-state index contributed by atoms with van der Waals surface area (Å²) in [5, 5.41) is 27.7. The highest BCUT2D eigenvalue weighted by Gasteiger charge is 2.32. The van der Waals surface area contributed by atoms with Crippen LogP contribution in [0.15, 0.2) is 42.0 Å². The Morgan fingerprint density at radius 1 is 1.08 bits per heavy atom. The minimum atomic E-state index is -4.40. The molecule has 0 aliphatic carbocycles. The first-order valence-electron chi connectivity index (χ1n) is 12.1. The Hall–Kier alpha value is -2.94. The summed E-state index contributed by atoms with van der Waals surface area (Å²) in [5.41, 5.74) is 0.211. The summed E-state index contributed by atoms with van der Waals surface area (Å²) in [7, 11) is 0. The molecule has 0 aliphatic heterocycles. The van der Waals surface area contributed by atoms with E-state index in [2.05, 4.69) is 20.6 Å². The third-order valence-electron chi connectivity index (χ3n) is 5.72. The molecule has 2 aromatic heterocycles. The van der Waals surface area contributed by atoms with Crippen LogP contribution in [0, 0.1) is 5.82 Å². The maximum Gasteiger partial charge on any atom is 0.389 e. The number of halogens is 4. The highest BCUT2D eigenvalue weighted by atomic mass is 32.1. The molecular weight excluding hydrogens is 560 g/mol. The lowest BCUT2D eigenvalue weighted by molar-refractivity contribution is -0.136. The van der Waals surface area contributed by atoms with Gasteiger partial charge in [-0.05, 0) is 44.7 Å². The van der Waals surface area contributed by atoms with Gasteiger partial charge in [-0.1, -0.05) is 12.1 Å². The molecule has 0 fully saturated rings. The van der Waals surface area contributed by atoms with E-state index in [0.29, 0.717) is 0 Å². The minimum absolute atomic E-state index is 0.0107. The largest absolute Gasteiger partial charge is 0.393 e. The number of nitrogens with one attached hydrogen (secondary N) is 2. The first-order chi connectivity index (χ1) is 18.4. The molecule has 4 atom stereocenters. The first-order valence-corrected chi connectivity index (χ1v) is 13.8. The third-order valence-corrected chi connectivity index (χ3v) is 7.59. The number of thiazole rings is 2. The molecule has 0 saturated carbocycles. The molecule has 212 valence electrons. The van der Waals surface area contributed by atoms with Crippen molar-refractivity contribution in [1.29, 1.82) is 0 Å². The zero-order chi connectivity index (χ0) is 28.6. The van der Waals surface area contributed by atoms with Gasteiger partial charge in [-0.3, -0.25) is 9.59 Å². The van der Waals surface area contributed by atoms with Crippen LogP contribution < -0.4 is 10.6 Å². The second kappa shape index (κ2) is 13.9. The number of amides is 2. The fraction of sp³-hybridized carbons (Fsp3) is 0.440. The Balaban J connectivity index is 1.75. The van der Waals surface area contributed by atoms with Crippen LogP contribution in [0.5, 0.6) is 0 Å². The van der Waals surface area contributed by atoms with Crippen molar-refractivity contribution in [2.45, 2.75) is 69.5 Å². The average Bonchev–Trinajstić information content (AvgIpc) is 3.57. The van der Waals surface area contributed by atoms with Crippen LogP contribution in [0.2, 0.25) is 0 Å². The molecule has 4 N–H and O–H groups in total. The second-order valence-corrected chi connectivity index (χ2v) is 10.9. The maximum atomic E-state index is 14.1. The lowest BCUT2D eigenvalue weighted by atomic mass is 10.0. The fourth-order valence-electron chi connectivity index (χ4n) is 3.71. The Bertz CT molecular complexity index is 1220. The van der Waals surface area contributed by atoms with Crippen LogP contribution in [0.25, 0.3) is 10.6 Å². The number of carbonyl (C=O) groups excluding carboxylic acids is 2. The molecule has 2 heterocycles. The second-order valence-electron chi connectivity index (χ2n) is 8.90. The van der Waals surface area contributed by atoms with E-state index in [1.165, 1.54) is 37.5 Å². The highest BCUT2D eigenvalue weighted by Crippen LogP contribution is 2.28. The highest BCUT2D eigenvalue weighted by molar-refractivity contribution is 7.16. The molecule has 3 rings (SSSR count). The van der Waals surface area contributed by atoms with E-state index in [-0.39, 0.29) is 46.1 Å². The number of benzene rings is 1. The molecule has 39 heavy (non-hydrogen) atoms. The van der Waals surface area contributed by atoms with Gasteiger partial charge in [0.05, 0.1) is 18.3 Å². The number of carbonyl (C=O) groups is 2. The van der Waals surface area contributed by atoms with Crippen LogP contribution in [0.4, 0.5) is 17.6 Å². The number of aromatic nitrogens is 2. The van der Waals surface area contributed by atoms with Crippen molar-refractivity contribution in [1.82, 2.24) is 20.6 Å².